The molecule has 10 heteroatoms. The second-order valence-electron chi connectivity index (χ2n) is 8.89. The van der Waals surface area contributed by atoms with Crippen molar-refractivity contribution in [1.29, 1.82) is 0 Å². The van der Waals surface area contributed by atoms with E-state index in [9.17, 15) is 24.3 Å². The summed E-state index contributed by atoms with van der Waals surface area (Å²) in [5.74, 6) is -1.67. The molecule has 0 aliphatic heterocycles. The average Bonchev–Trinajstić information content (AvgIpc) is 2.73. The number of carboxylic acid groups (broad SMARTS) is 1. The third-order valence-electron chi connectivity index (χ3n) is 4.83. The molecule has 184 valence electrons. The number of aliphatic carboxylic acids is 1. The van der Waals surface area contributed by atoms with Gasteiger partial charge in [-0.15, -0.1) is 0 Å². The average molecular weight is 467 g/mol. The number of hydrogen-bond donors (Lipinski definition) is 4. The Hall–Kier alpha value is -3.14. The number of phenolic OH excluding ortho intramolecular Hbond substituents is 1. The quantitative estimate of drug-likeness (QED) is 0.163. The number of nitrogens with one attached hydrogen (secondary N) is 2. The van der Waals surface area contributed by atoms with Crippen LogP contribution in [0.3, 0.4) is 0 Å². The van der Waals surface area contributed by atoms with Crippen molar-refractivity contribution >= 4 is 24.1 Å². The Morgan fingerprint density at radius 3 is 2.45 bits per heavy atom. The summed E-state index contributed by atoms with van der Waals surface area (Å²) >= 11 is 0. The first-order chi connectivity index (χ1) is 15.5. The van der Waals surface area contributed by atoms with Crippen LogP contribution in [-0.2, 0) is 14.4 Å². The van der Waals surface area contributed by atoms with E-state index >= 15 is 0 Å². The number of aldehydes is 1. The van der Waals surface area contributed by atoms with Crippen molar-refractivity contribution in [3.05, 3.63) is 23.8 Å². The Bertz CT molecular complexity index is 806. The highest BCUT2D eigenvalue weighted by molar-refractivity contribution is 5.89. The molecule has 2 amide bonds. The van der Waals surface area contributed by atoms with E-state index in [-0.39, 0.29) is 23.6 Å². The van der Waals surface area contributed by atoms with Crippen LogP contribution < -0.4 is 15.4 Å². The zero-order valence-electron chi connectivity index (χ0n) is 19.6. The topological polar surface area (TPSA) is 142 Å². The van der Waals surface area contributed by atoms with Crippen LogP contribution in [0.4, 0.5) is 0 Å². The Labute approximate surface area is 194 Å². The molecule has 0 aromatic heterocycles. The number of nitrogens with zero attached hydrogens (tertiary/aromatic N) is 1. The number of carbonyl (C=O) groups is 4. The van der Waals surface area contributed by atoms with Gasteiger partial charge < -0.3 is 30.1 Å². The van der Waals surface area contributed by atoms with E-state index in [0.717, 1.165) is 23.9 Å². The van der Waals surface area contributed by atoms with E-state index < -0.39 is 24.5 Å². The highest BCUT2D eigenvalue weighted by Gasteiger charge is 2.21. The van der Waals surface area contributed by atoms with E-state index in [0.29, 0.717) is 37.9 Å². The van der Waals surface area contributed by atoms with Gasteiger partial charge in [0.2, 0.25) is 11.8 Å². The molecule has 0 heterocycles. The van der Waals surface area contributed by atoms with Crippen LogP contribution in [0.1, 0.15) is 48.9 Å². The summed E-state index contributed by atoms with van der Waals surface area (Å²) in [5, 5.41) is 23.5. The molecule has 1 rings (SSSR count). The van der Waals surface area contributed by atoms with Gasteiger partial charge in [0, 0.05) is 12.5 Å². The van der Waals surface area contributed by atoms with Gasteiger partial charge >= 0.3 is 5.97 Å². The Morgan fingerprint density at radius 2 is 1.85 bits per heavy atom. The van der Waals surface area contributed by atoms with Crippen molar-refractivity contribution in [2.75, 3.05) is 40.8 Å². The minimum atomic E-state index is -1.15. The molecule has 0 saturated carbocycles. The summed E-state index contributed by atoms with van der Waals surface area (Å²) in [6, 6.07) is 3.62. The highest BCUT2D eigenvalue weighted by Crippen LogP contribution is 2.22. The lowest BCUT2D eigenvalue weighted by molar-refractivity contribution is -0.870. The molecule has 1 aromatic rings. The molecule has 0 fully saturated rings. The number of phenols is 1. The fraction of sp³-hybridized carbons (Fsp3) is 0.565. The van der Waals surface area contributed by atoms with Crippen LogP contribution in [0.25, 0.3) is 0 Å². The summed E-state index contributed by atoms with van der Waals surface area (Å²) < 4.78 is 6.30. The molecule has 0 aliphatic carbocycles. The second kappa shape index (κ2) is 14.1. The molecular weight excluding hydrogens is 430 g/mol. The first kappa shape index (κ1) is 27.9. The third-order valence-corrected chi connectivity index (χ3v) is 4.83. The second-order valence-corrected chi connectivity index (χ2v) is 8.89. The predicted octanol–water partition coefficient (Wildman–Crippen LogP) is 1.32. The van der Waals surface area contributed by atoms with Gasteiger partial charge in [0.25, 0.3) is 0 Å². The van der Waals surface area contributed by atoms with Crippen molar-refractivity contribution in [2.45, 2.75) is 44.6 Å². The SMILES string of the molecule is C[N+](C)(C)CCCC[C@H](NC(=O)CCCCOc1ccc(C=O)c(O)c1)C(=O)NCC(=O)O. The van der Waals surface area contributed by atoms with Crippen LogP contribution in [0.15, 0.2) is 18.2 Å². The van der Waals surface area contributed by atoms with Gasteiger partial charge in [-0.3, -0.25) is 19.2 Å². The van der Waals surface area contributed by atoms with Crippen LogP contribution in [-0.4, -0.2) is 85.6 Å². The number of hydrogen-bond acceptors (Lipinski definition) is 6. The normalized spacial score (nSPS) is 12.0. The lowest BCUT2D eigenvalue weighted by atomic mass is 10.1. The van der Waals surface area contributed by atoms with E-state index in [2.05, 4.69) is 31.8 Å². The largest absolute Gasteiger partial charge is 0.507 e. The molecule has 0 unspecified atom stereocenters. The lowest BCUT2D eigenvalue weighted by Gasteiger charge is -2.24. The molecule has 1 aromatic carbocycles. The van der Waals surface area contributed by atoms with Crippen molar-refractivity contribution < 1.29 is 38.6 Å². The number of ether oxygens (including phenoxy) is 1. The maximum Gasteiger partial charge on any atom is 0.322 e. The van der Waals surface area contributed by atoms with Crippen molar-refractivity contribution in [1.82, 2.24) is 10.6 Å². The summed E-state index contributed by atoms with van der Waals surface area (Å²) in [4.78, 5) is 46.1. The maximum absolute atomic E-state index is 12.3. The number of amides is 2. The molecule has 0 spiro atoms. The number of carboxylic acids is 1. The summed E-state index contributed by atoms with van der Waals surface area (Å²) in [7, 11) is 6.22. The van der Waals surface area contributed by atoms with Crippen molar-refractivity contribution in [2.24, 2.45) is 0 Å². The molecule has 33 heavy (non-hydrogen) atoms. The highest BCUT2D eigenvalue weighted by atomic mass is 16.5. The van der Waals surface area contributed by atoms with Crippen LogP contribution in [0.5, 0.6) is 11.5 Å². The van der Waals surface area contributed by atoms with Crippen LogP contribution >= 0.6 is 0 Å². The molecule has 0 aliphatic rings. The van der Waals surface area contributed by atoms with E-state index in [4.69, 9.17) is 9.84 Å². The number of unbranched alkanes of at least 4 members (excludes halogenated alkanes) is 2. The minimum absolute atomic E-state index is 0.157. The van der Waals surface area contributed by atoms with E-state index in [1.54, 1.807) is 6.07 Å². The number of rotatable bonds is 16. The third kappa shape index (κ3) is 12.5. The van der Waals surface area contributed by atoms with Gasteiger partial charge in [-0.2, -0.15) is 0 Å². The number of benzene rings is 1. The molecular formula is C23H36N3O7+. The summed E-state index contributed by atoms with van der Waals surface area (Å²) in [5.41, 5.74) is 0.179. The first-order valence-corrected chi connectivity index (χ1v) is 11.0. The molecule has 10 nitrogen and oxygen atoms in total. The molecule has 4 N–H and O–H groups in total. The summed E-state index contributed by atoms with van der Waals surface area (Å²) in [6.07, 6.45) is 3.88. The Morgan fingerprint density at radius 1 is 1.12 bits per heavy atom. The van der Waals surface area contributed by atoms with Gasteiger partial charge in [-0.1, -0.05) is 0 Å². The Kier molecular flexibility index (Phi) is 11.9. The fourth-order valence-electron chi connectivity index (χ4n) is 3.05. The zero-order valence-corrected chi connectivity index (χ0v) is 19.6. The van der Waals surface area contributed by atoms with Crippen LogP contribution in [0, 0.1) is 0 Å². The van der Waals surface area contributed by atoms with Gasteiger partial charge in [0.05, 0.1) is 39.9 Å². The van der Waals surface area contributed by atoms with Gasteiger partial charge in [-0.05, 0) is 44.2 Å². The molecule has 0 radical (unpaired) electrons. The van der Waals surface area contributed by atoms with Crippen LogP contribution in [0.2, 0.25) is 0 Å². The fourth-order valence-corrected chi connectivity index (χ4v) is 3.05. The smallest absolute Gasteiger partial charge is 0.322 e. The molecule has 0 saturated heterocycles. The van der Waals surface area contributed by atoms with Crippen molar-refractivity contribution in [3.63, 3.8) is 0 Å². The number of carbonyl (C=O) groups excluding carboxylic acids is 3. The van der Waals surface area contributed by atoms with Gasteiger partial charge in [0.15, 0.2) is 6.29 Å². The van der Waals surface area contributed by atoms with Crippen molar-refractivity contribution in [3.8, 4) is 11.5 Å². The predicted molar refractivity (Wildman–Crippen MR) is 122 cm³/mol. The monoisotopic (exact) mass is 466 g/mol. The van der Waals surface area contributed by atoms with Gasteiger partial charge in [0.1, 0.15) is 24.1 Å². The van der Waals surface area contributed by atoms with E-state index in [1.807, 2.05) is 0 Å². The standard InChI is InChI=1S/C23H35N3O7/c1-26(2,3)12-6-4-8-19(23(32)24-15-22(30)31)25-21(29)9-5-7-13-33-18-11-10-17(16-27)20(28)14-18/h10-11,14,16,19H,4-9,12-13,15H2,1-3H3,(H3-,24,25,27,28,29,30,31,32)/p+1/t19-/m0/s1. The van der Waals surface area contributed by atoms with Gasteiger partial charge in [-0.25, -0.2) is 0 Å². The van der Waals surface area contributed by atoms with E-state index in [1.165, 1.54) is 12.1 Å². The first-order valence-electron chi connectivity index (χ1n) is 11.0. The number of aromatic hydroxyl groups is 1. The summed E-state index contributed by atoms with van der Waals surface area (Å²) in [6.45, 7) is 0.749. The zero-order chi connectivity index (χ0) is 24.9. The minimum Gasteiger partial charge on any atom is -0.507 e. The number of quaternary nitrogens is 1. The Balaban J connectivity index is 2.43. The molecule has 1 atom stereocenters. The maximum atomic E-state index is 12.3. The lowest BCUT2D eigenvalue weighted by Crippen LogP contribution is -2.48. The molecule has 0 bridgehead atoms.